The molecule has 5 heterocycles. The Labute approximate surface area is 233 Å². The number of aromatic amines is 2. The second-order valence-electron chi connectivity index (χ2n) is 10.2. The van der Waals surface area contributed by atoms with Crippen LogP contribution in [-0.4, -0.2) is 48.1 Å². The number of amides is 1. The molecule has 3 N–H and O–H groups in total. The summed E-state index contributed by atoms with van der Waals surface area (Å²) in [6.45, 7) is 0. The Hall–Kier alpha value is -5.19. The molecule has 11 heteroatoms. The molecule has 0 radical (unpaired) electrons. The van der Waals surface area contributed by atoms with Crippen LogP contribution in [0.4, 0.5) is 10.1 Å². The molecule has 1 aliphatic carbocycles. The topological polar surface area (TPSA) is 134 Å². The monoisotopic (exact) mass is 548 g/mol. The van der Waals surface area contributed by atoms with Gasteiger partial charge in [-0.1, -0.05) is 12.8 Å². The number of imidazole rings is 1. The first-order chi connectivity index (χ1) is 20.1. The van der Waals surface area contributed by atoms with Gasteiger partial charge >= 0.3 is 0 Å². The number of fused-ring (bicyclic) bond motifs is 2. The van der Waals surface area contributed by atoms with E-state index in [4.69, 9.17) is 9.72 Å². The van der Waals surface area contributed by atoms with Gasteiger partial charge in [-0.05, 0) is 42.7 Å². The van der Waals surface area contributed by atoms with Gasteiger partial charge in [0.15, 0.2) is 5.82 Å². The van der Waals surface area contributed by atoms with Gasteiger partial charge in [-0.3, -0.25) is 24.8 Å². The minimum absolute atomic E-state index is 0.0393. The molecule has 0 unspecified atom stereocenters. The number of halogens is 1. The third-order valence-corrected chi connectivity index (χ3v) is 7.51. The number of aromatic nitrogens is 7. The first kappa shape index (κ1) is 24.8. The van der Waals surface area contributed by atoms with E-state index in [1.807, 2.05) is 12.1 Å². The Morgan fingerprint density at radius 2 is 1.83 bits per heavy atom. The highest BCUT2D eigenvalue weighted by molar-refractivity contribution is 5.98. The number of carbonyl (C=O) groups is 1. The standard InChI is InChI=1S/C30H25FN8O2/c1-41-21-8-17(6-19(31)9-21)23-13-33-14-26-27(23)37-29(36-26)28-22-10-24(34-15-25(22)38-39-28)18-7-20(12-32-11-18)35-30(40)16-4-2-3-5-16/h6-16H,2-5H2,1H3,(H,35,40)(H,36,37)(H,38,39). The van der Waals surface area contributed by atoms with E-state index in [9.17, 15) is 9.18 Å². The maximum Gasteiger partial charge on any atom is 0.227 e. The summed E-state index contributed by atoms with van der Waals surface area (Å²) in [5, 5.41) is 11.3. The number of anilines is 1. The summed E-state index contributed by atoms with van der Waals surface area (Å²) in [6.07, 6.45) is 12.4. The zero-order chi connectivity index (χ0) is 27.9. The number of pyridine rings is 3. The molecule has 1 aliphatic rings. The highest BCUT2D eigenvalue weighted by Gasteiger charge is 2.23. The van der Waals surface area contributed by atoms with Gasteiger partial charge in [0.2, 0.25) is 5.91 Å². The van der Waals surface area contributed by atoms with Gasteiger partial charge in [-0.25, -0.2) is 9.37 Å². The van der Waals surface area contributed by atoms with Crippen LogP contribution in [0.15, 0.2) is 61.3 Å². The number of methoxy groups -OCH3 is 1. The van der Waals surface area contributed by atoms with Crippen molar-refractivity contribution in [3.63, 3.8) is 0 Å². The minimum atomic E-state index is -0.415. The molecular weight excluding hydrogens is 523 g/mol. The SMILES string of the molecule is COc1cc(F)cc(-c2cncc3[nH]c(-c4n[nH]c5cnc(-c6cncc(NC(=O)C7CCCC7)c6)cc45)nc23)c1. The molecule has 41 heavy (non-hydrogen) atoms. The summed E-state index contributed by atoms with van der Waals surface area (Å²) < 4.78 is 19.5. The average molecular weight is 549 g/mol. The fraction of sp³-hybridized carbons (Fsp3) is 0.200. The predicted molar refractivity (Wildman–Crippen MR) is 153 cm³/mol. The van der Waals surface area contributed by atoms with E-state index in [2.05, 4.69) is 35.5 Å². The van der Waals surface area contributed by atoms with Crippen LogP contribution < -0.4 is 10.1 Å². The lowest BCUT2D eigenvalue weighted by molar-refractivity contribution is -0.119. The number of H-pyrrole nitrogens is 2. The summed E-state index contributed by atoms with van der Waals surface area (Å²) in [5.74, 6) is 0.614. The van der Waals surface area contributed by atoms with E-state index in [1.165, 1.54) is 19.2 Å². The van der Waals surface area contributed by atoms with Gasteiger partial charge in [0.25, 0.3) is 0 Å². The Bertz CT molecular complexity index is 1930. The third kappa shape index (κ3) is 4.65. The molecule has 7 rings (SSSR count). The maximum absolute atomic E-state index is 14.3. The summed E-state index contributed by atoms with van der Waals surface area (Å²) in [7, 11) is 1.49. The predicted octanol–water partition coefficient (Wildman–Crippen LogP) is 5.90. The van der Waals surface area contributed by atoms with Crippen molar-refractivity contribution in [2.75, 3.05) is 12.4 Å². The number of ether oxygens (including phenoxy) is 1. The van der Waals surface area contributed by atoms with Crippen LogP contribution >= 0.6 is 0 Å². The number of hydrogen-bond donors (Lipinski definition) is 3. The smallest absolute Gasteiger partial charge is 0.227 e. The normalized spacial score (nSPS) is 13.7. The molecule has 1 saturated carbocycles. The molecule has 0 spiro atoms. The molecule has 5 aromatic heterocycles. The molecule has 0 saturated heterocycles. The molecule has 1 amide bonds. The lowest BCUT2D eigenvalue weighted by Gasteiger charge is -2.11. The number of hydrogen-bond acceptors (Lipinski definition) is 7. The second-order valence-corrected chi connectivity index (χ2v) is 10.2. The highest BCUT2D eigenvalue weighted by atomic mass is 19.1. The molecule has 0 aliphatic heterocycles. The molecular formula is C30H25FN8O2. The molecule has 10 nitrogen and oxygen atoms in total. The second kappa shape index (κ2) is 10.1. The molecule has 1 fully saturated rings. The van der Waals surface area contributed by atoms with Gasteiger partial charge in [-0.15, -0.1) is 0 Å². The minimum Gasteiger partial charge on any atom is -0.497 e. The van der Waals surface area contributed by atoms with Gasteiger partial charge < -0.3 is 15.0 Å². The Kier molecular flexibility index (Phi) is 6.11. The van der Waals surface area contributed by atoms with E-state index < -0.39 is 5.82 Å². The number of carbonyl (C=O) groups excluding carboxylic acids is 1. The van der Waals surface area contributed by atoms with E-state index in [-0.39, 0.29) is 11.8 Å². The first-order valence-electron chi connectivity index (χ1n) is 13.3. The lowest BCUT2D eigenvalue weighted by Crippen LogP contribution is -2.20. The lowest BCUT2D eigenvalue weighted by atomic mass is 10.1. The number of nitrogens with one attached hydrogen (secondary N) is 3. The Morgan fingerprint density at radius 1 is 0.976 bits per heavy atom. The summed E-state index contributed by atoms with van der Waals surface area (Å²) in [4.78, 5) is 34.0. The summed E-state index contributed by atoms with van der Waals surface area (Å²) in [5.41, 5.74) is 5.98. The maximum atomic E-state index is 14.3. The van der Waals surface area contributed by atoms with E-state index >= 15 is 0 Å². The van der Waals surface area contributed by atoms with Crippen molar-refractivity contribution in [3.8, 4) is 39.7 Å². The van der Waals surface area contributed by atoms with Crippen LogP contribution in [-0.2, 0) is 4.79 Å². The number of benzene rings is 1. The fourth-order valence-electron chi connectivity index (χ4n) is 5.43. The molecule has 6 aromatic rings. The zero-order valence-electron chi connectivity index (χ0n) is 22.1. The van der Waals surface area contributed by atoms with Crippen molar-refractivity contribution in [1.29, 1.82) is 0 Å². The van der Waals surface area contributed by atoms with Crippen molar-refractivity contribution in [3.05, 3.63) is 67.1 Å². The zero-order valence-corrected chi connectivity index (χ0v) is 22.1. The van der Waals surface area contributed by atoms with Crippen LogP contribution in [0, 0.1) is 11.7 Å². The van der Waals surface area contributed by atoms with Crippen molar-refractivity contribution in [2.24, 2.45) is 5.92 Å². The van der Waals surface area contributed by atoms with Crippen LogP contribution in [0.2, 0.25) is 0 Å². The van der Waals surface area contributed by atoms with Crippen molar-refractivity contribution >= 4 is 33.5 Å². The van der Waals surface area contributed by atoms with Gasteiger partial charge in [0.05, 0.1) is 53.6 Å². The van der Waals surface area contributed by atoms with Gasteiger partial charge in [0, 0.05) is 40.9 Å². The summed E-state index contributed by atoms with van der Waals surface area (Å²) in [6, 6.07) is 8.28. The van der Waals surface area contributed by atoms with Crippen molar-refractivity contribution in [2.45, 2.75) is 25.7 Å². The van der Waals surface area contributed by atoms with Crippen LogP contribution in [0.25, 0.3) is 55.8 Å². The highest BCUT2D eigenvalue weighted by Crippen LogP contribution is 2.34. The Morgan fingerprint density at radius 3 is 2.68 bits per heavy atom. The van der Waals surface area contributed by atoms with E-state index in [1.54, 1.807) is 37.1 Å². The van der Waals surface area contributed by atoms with E-state index in [0.29, 0.717) is 50.8 Å². The largest absolute Gasteiger partial charge is 0.497 e. The molecule has 0 atom stereocenters. The third-order valence-electron chi connectivity index (χ3n) is 7.51. The fourth-order valence-corrected chi connectivity index (χ4v) is 5.43. The molecule has 1 aromatic carbocycles. The average Bonchev–Trinajstić information content (AvgIpc) is 3.76. The van der Waals surface area contributed by atoms with Crippen LogP contribution in [0.5, 0.6) is 5.75 Å². The molecule has 0 bridgehead atoms. The van der Waals surface area contributed by atoms with Crippen molar-refractivity contribution in [1.82, 2.24) is 35.1 Å². The Balaban J connectivity index is 1.25. The molecule has 204 valence electrons. The van der Waals surface area contributed by atoms with Crippen molar-refractivity contribution < 1.29 is 13.9 Å². The van der Waals surface area contributed by atoms with Gasteiger partial charge in [0.1, 0.15) is 17.3 Å². The quantitative estimate of drug-likeness (QED) is 0.236. The van der Waals surface area contributed by atoms with E-state index in [0.717, 1.165) is 42.1 Å². The van der Waals surface area contributed by atoms with Crippen LogP contribution in [0.3, 0.4) is 0 Å². The first-order valence-corrected chi connectivity index (χ1v) is 13.3. The summed E-state index contributed by atoms with van der Waals surface area (Å²) >= 11 is 0. The van der Waals surface area contributed by atoms with Crippen LogP contribution in [0.1, 0.15) is 25.7 Å². The number of nitrogens with zero attached hydrogens (tertiary/aromatic N) is 5. The van der Waals surface area contributed by atoms with Gasteiger partial charge in [-0.2, -0.15) is 5.10 Å². The number of rotatable bonds is 6.